The summed E-state index contributed by atoms with van der Waals surface area (Å²) in [5, 5.41) is 15.4. The Morgan fingerprint density at radius 1 is 1.10 bits per heavy atom. The lowest BCUT2D eigenvalue weighted by Gasteiger charge is -2.28. The number of ether oxygens (including phenoxy) is 3. The molecule has 2 N–H and O–H groups in total. The van der Waals surface area contributed by atoms with E-state index in [9.17, 15) is 19.6 Å². The van der Waals surface area contributed by atoms with Crippen molar-refractivity contribution >= 4 is 18.0 Å². The van der Waals surface area contributed by atoms with Gasteiger partial charge in [-0.2, -0.15) is 5.26 Å². The van der Waals surface area contributed by atoms with Crippen LogP contribution in [0.3, 0.4) is 0 Å². The smallest absolute Gasteiger partial charge is 0.407 e. The summed E-state index contributed by atoms with van der Waals surface area (Å²) < 4.78 is 14.7. The molecule has 0 heterocycles. The van der Waals surface area contributed by atoms with E-state index in [4.69, 9.17) is 9.47 Å². The third-order valence-corrected chi connectivity index (χ3v) is 4.27. The van der Waals surface area contributed by atoms with Crippen LogP contribution in [0.2, 0.25) is 0 Å². The molecule has 0 aliphatic rings. The molecule has 0 unspecified atom stereocenters. The van der Waals surface area contributed by atoms with Crippen LogP contribution in [-0.4, -0.2) is 56.0 Å². The van der Waals surface area contributed by atoms with E-state index >= 15 is 0 Å². The molecule has 0 spiro atoms. The summed E-state index contributed by atoms with van der Waals surface area (Å²) in [5.41, 5.74) is 0.168. The van der Waals surface area contributed by atoms with E-state index in [1.807, 2.05) is 30.3 Å². The van der Waals surface area contributed by atoms with Gasteiger partial charge < -0.3 is 19.5 Å². The highest BCUT2D eigenvalue weighted by Gasteiger charge is 2.31. The molecule has 1 amide bonds. The topological polar surface area (TPSA) is 127 Å². The lowest BCUT2D eigenvalue weighted by atomic mass is 9.98. The van der Waals surface area contributed by atoms with E-state index in [0.29, 0.717) is 6.42 Å². The molecule has 0 saturated heterocycles. The fraction of sp³-hybridized carbons (Fsp3) is 0.545. The van der Waals surface area contributed by atoms with Crippen LogP contribution >= 0.6 is 0 Å². The zero-order valence-electron chi connectivity index (χ0n) is 18.6. The number of benzene rings is 1. The first-order valence-corrected chi connectivity index (χ1v) is 9.93. The molecule has 170 valence electrons. The number of carbonyl (C=O) groups excluding carboxylic acids is 3. The van der Waals surface area contributed by atoms with Crippen molar-refractivity contribution in [2.24, 2.45) is 0 Å². The Kier molecular flexibility index (Phi) is 10.5. The summed E-state index contributed by atoms with van der Waals surface area (Å²) >= 11 is 0. The number of nitrogens with zero attached hydrogens (tertiary/aromatic N) is 1. The van der Waals surface area contributed by atoms with E-state index in [0.717, 1.165) is 5.56 Å². The third-order valence-electron chi connectivity index (χ3n) is 4.27. The number of nitrogens with one attached hydrogen (secondary N) is 2. The average molecular weight is 434 g/mol. The minimum Gasteiger partial charge on any atom is -0.469 e. The van der Waals surface area contributed by atoms with Crippen molar-refractivity contribution in [3.63, 3.8) is 0 Å². The Morgan fingerprint density at radius 3 is 2.26 bits per heavy atom. The molecule has 1 aromatic carbocycles. The summed E-state index contributed by atoms with van der Waals surface area (Å²) in [4.78, 5) is 36.1. The summed E-state index contributed by atoms with van der Waals surface area (Å²) in [6, 6.07) is 8.78. The maximum absolute atomic E-state index is 12.4. The molecular formula is C22H31N3O6. The van der Waals surface area contributed by atoms with Crippen LogP contribution in [0.5, 0.6) is 0 Å². The molecule has 9 heteroatoms. The zero-order chi connectivity index (χ0) is 23.4. The Morgan fingerprint density at radius 2 is 1.74 bits per heavy atom. The first-order valence-electron chi connectivity index (χ1n) is 9.93. The van der Waals surface area contributed by atoms with Crippen LogP contribution in [0.15, 0.2) is 30.3 Å². The normalized spacial score (nSPS) is 13.8. The molecule has 9 nitrogen and oxygen atoms in total. The second-order valence-electron chi connectivity index (χ2n) is 7.91. The van der Waals surface area contributed by atoms with Crippen molar-refractivity contribution in [3.8, 4) is 6.07 Å². The molecule has 1 aromatic rings. The van der Waals surface area contributed by atoms with E-state index in [1.54, 1.807) is 20.8 Å². The van der Waals surface area contributed by atoms with Gasteiger partial charge in [-0.05, 0) is 39.2 Å². The molecule has 0 aromatic heterocycles. The Balaban J connectivity index is 3.06. The van der Waals surface area contributed by atoms with E-state index in [-0.39, 0.29) is 12.8 Å². The summed E-state index contributed by atoms with van der Waals surface area (Å²) in [5.74, 6) is -1.11. The van der Waals surface area contributed by atoms with Crippen LogP contribution in [0.4, 0.5) is 4.79 Å². The molecule has 0 saturated carbocycles. The van der Waals surface area contributed by atoms with Crippen molar-refractivity contribution in [1.82, 2.24) is 10.6 Å². The van der Waals surface area contributed by atoms with Gasteiger partial charge in [0.2, 0.25) is 0 Å². The SMILES string of the molecule is COC(=O)CC[C@H](N[C@H](C#N)[C@H](Cc1ccccc1)NC(=O)OC(C)(C)C)C(=O)OC. The second kappa shape index (κ2) is 12.5. The number of methoxy groups -OCH3 is 2. The molecule has 31 heavy (non-hydrogen) atoms. The van der Waals surface area contributed by atoms with Gasteiger partial charge in [0, 0.05) is 6.42 Å². The number of nitriles is 1. The molecule has 0 aliphatic carbocycles. The average Bonchev–Trinajstić information content (AvgIpc) is 2.72. The lowest BCUT2D eigenvalue weighted by Crippen LogP contribution is -2.55. The lowest BCUT2D eigenvalue weighted by molar-refractivity contribution is -0.144. The van der Waals surface area contributed by atoms with Crippen molar-refractivity contribution in [2.45, 2.75) is 63.8 Å². The van der Waals surface area contributed by atoms with Gasteiger partial charge in [0.25, 0.3) is 0 Å². The highest BCUT2D eigenvalue weighted by atomic mass is 16.6. The predicted octanol–water partition coefficient (Wildman–Crippen LogP) is 2.10. The number of amides is 1. The van der Waals surface area contributed by atoms with Crippen molar-refractivity contribution in [2.75, 3.05) is 14.2 Å². The number of rotatable bonds is 10. The molecule has 1 rings (SSSR count). The molecule has 0 fully saturated rings. The summed E-state index contributed by atoms with van der Waals surface area (Å²) in [6.07, 6.45) is -0.331. The first-order chi connectivity index (χ1) is 14.6. The van der Waals surface area contributed by atoms with Crippen LogP contribution in [0, 0.1) is 11.3 Å². The van der Waals surface area contributed by atoms with E-state index < -0.39 is 41.8 Å². The number of alkyl carbamates (subject to hydrolysis) is 1. The molecular weight excluding hydrogens is 402 g/mol. The minimum absolute atomic E-state index is 0.0374. The second-order valence-corrected chi connectivity index (χ2v) is 7.91. The van der Waals surface area contributed by atoms with Crippen LogP contribution in [0.1, 0.15) is 39.2 Å². The fourth-order valence-corrected chi connectivity index (χ4v) is 2.82. The van der Waals surface area contributed by atoms with Crippen molar-refractivity contribution in [3.05, 3.63) is 35.9 Å². The van der Waals surface area contributed by atoms with Gasteiger partial charge in [-0.1, -0.05) is 30.3 Å². The third kappa shape index (κ3) is 9.96. The highest BCUT2D eigenvalue weighted by Crippen LogP contribution is 2.12. The maximum Gasteiger partial charge on any atom is 0.407 e. The van der Waals surface area contributed by atoms with Gasteiger partial charge in [0.05, 0.1) is 26.3 Å². The Bertz CT molecular complexity index is 770. The molecule has 0 bridgehead atoms. The van der Waals surface area contributed by atoms with Gasteiger partial charge in [0.1, 0.15) is 17.7 Å². The van der Waals surface area contributed by atoms with Crippen molar-refractivity contribution < 1.29 is 28.6 Å². The number of esters is 2. The summed E-state index contributed by atoms with van der Waals surface area (Å²) in [7, 11) is 2.47. The monoisotopic (exact) mass is 433 g/mol. The quantitative estimate of drug-likeness (QED) is 0.424. The van der Waals surface area contributed by atoms with Gasteiger partial charge >= 0.3 is 18.0 Å². The Hall–Kier alpha value is -3.12. The standard InChI is InChI=1S/C22H31N3O6/c1-22(2,3)31-21(28)25-17(13-15-9-7-6-8-10-15)18(14-23)24-16(20(27)30-5)11-12-19(26)29-4/h6-10,16-18,24H,11-13H2,1-5H3,(H,25,28)/t16-,17-,18+/m0/s1. The molecule has 0 aliphatic heterocycles. The van der Waals surface area contributed by atoms with Crippen LogP contribution in [0.25, 0.3) is 0 Å². The van der Waals surface area contributed by atoms with Gasteiger partial charge in [-0.15, -0.1) is 0 Å². The highest BCUT2D eigenvalue weighted by molar-refractivity contribution is 5.77. The fourth-order valence-electron chi connectivity index (χ4n) is 2.82. The van der Waals surface area contributed by atoms with E-state index in [1.165, 1.54) is 14.2 Å². The van der Waals surface area contributed by atoms with Crippen molar-refractivity contribution in [1.29, 1.82) is 5.26 Å². The molecule has 3 atom stereocenters. The minimum atomic E-state index is -0.963. The van der Waals surface area contributed by atoms with Gasteiger partial charge in [-0.3, -0.25) is 14.9 Å². The van der Waals surface area contributed by atoms with Gasteiger partial charge in [0.15, 0.2) is 0 Å². The number of carbonyl (C=O) groups is 3. The number of hydrogen-bond donors (Lipinski definition) is 2. The summed E-state index contributed by atoms with van der Waals surface area (Å²) in [6.45, 7) is 5.21. The number of hydrogen-bond acceptors (Lipinski definition) is 8. The van der Waals surface area contributed by atoms with Gasteiger partial charge in [-0.25, -0.2) is 4.79 Å². The Labute approximate surface area is 183 Å². The van der Waals surface area contributed by atoms with Crippen LogP contribution < -0.4 is 10.6 Å². The molecule has 0 radical (unpaired) electrons. The van der Waals surface area contributed by atoms with Crippen LogP contribution in [-0.2, 0) is 30.2 Å². The largest absolute Gasteiger partial charge is 0.469 e. The van der Waals surface area contributed by atoms with E-state index in [2.05, 4.69) is 21.4 Å². The first kappa shape index (κ1) is 25.9. The maximum atomic E-state index is 12.4. The predicted molar refractivity (Wildman–Crippen MR) is 113 cm³/mol. The zero-order valence-corrected chi connectivity index (χ0v) is 18.6.